The molecule has 0 atom stereocenters. The van der Waals surface area contributed by atoms with Gasteiger partial charge in [-0.15, -0.1) is 12.1 Å². The van der Waals surface area contributed by atoms with Gasteiger partial charge >= 0.3 is 51.4 Å². The molecule has 13 heavy (non-hydrogen) atoms. The van der Waals surface area contributed by atoms with Crippen LogP contribution < -0.4 is 56.5 Å². The largest absolute Gasteiger partial charge is 1.00 e. The van der Waals surface area contributed by atoms with Crippen molar-refractivity contribution in [2.75, 3.05) is 6.26 Å². The fourth-order valence-corrected chi connectivity index (χ4v) is 0.367. The molecule has 3 nitrogen and oxygen atoms in total. The molecule has 0 bridgehead atoms. The van der Waals surface area contributed by atoms with Crippen LogP contribution in [0.2, 0.25) is 0 Å². The van der Waals surface area contributed by atoms with E-state index < -0.39 is 10.0 Å². The molecular formula is C7H9FKNO2S. The summed E-state index contributed by atoms with van der Waals surface area (Å²) in [4.78, 5) is 0. The zero-order valence-corrected chi connectivity index (χ0v) is 11.4. The van der Waals surface area contributed by atoms with Crippen molar-refractivity contribution in [2.24, 2.45) is 5.14 Å². The Bertz CT molecular complexity index is 307. The van der Waals surface area contributed by atoms with Crippen molar-refractivity contribution in [1.29, 1.82) is 0 Å². The number of hydrogen-bond acceptors (Lipinski definition) is 2. The monoisotopic (exact) mass is 229 g/mol. The molecule has 0 aromatic heterocycles. The Morgan fingerprint density at radius 2 is 1.69 bits per heavy atom. The van der Waals surface area contributed by atoms with Gasteiger partial charge in [0.1, 0.15) is 0 Å². The minimum Gasteiger partial charge on any atom is -0.236 e. The van der Waals surface area contributed by atoms with Gasteiger partial charge in [0.25, 0.3) is 0 Å². The Labute approximate surface area is 120 Å². The first-order valence-electron chi connectivity index (χ1n) is 2.99. The molecule has 1 rings (SSSR count). The van der Waals surface area contributed by atoms with E-state index in [4.69, 9.17) is 0 Å². The van der Waals surface area contributed by atoms with Crippen molar-refractivity contribution in [3.05, 3.63) is 36.1 Å². The number of benzene rings is 1. The summed E-state index contributed by atoms with van der Waals surface area (Å²) in [6.45, 7) is 0. The first-order chi connectivity index (χ1) is 5.39. The van der Waals surface area contributed by atoms with Crippen LogP contribution in [0.4, 0.5) is 4.39 Å². The van der Waals surface area contributed by atoms with Crippen LogP contribution in [-0.4, -0.2) is 14.7 Å². The van der Waals surface area contributed by atoms with Crippen molar-refractivity contribution >= 4 is 10.0 Å². The summed E-state index contributed by atoms with van der Waals surface area (Å²) >= 11 is 0. The van der Waals surface area contributed by atoms with Crippen molar-refractivity contribution in [3.8, 4) is 0 Å². The zero-order chi connectivity index (χ0) is 9.61. The third-order valence-electron chi connectivity index (χ3n) is 0.678. The normalized spacial score (nSPS) is 9.15. The molecule has 0 unspecified atom stereocenters. The predicted octanol–water partition coefficient (Wildman–Crippen LogP) is -2.47. The van der Waals surface area contributed by atoms with Gasteiger partial charge in [0, 0.05) is 5.82 Å². The molecule has 0 amide bonds. The van der Waals surface area contributed by atoms with E-state index in [-0.39, 0.29) is 57.2 Å². The van der Waals surface area contributed by atoms with Crippen LogP contribution in [0.3, 0.4) is 0 Å². The Balaban J connectivity index is 0. The molecule has 0 aliphatic carbocycles. The minimum absolute atomic E-state index is 0. The Kier molecular flexibility index (Phi) is 9.98. The number of sulfonamides is 1. The number of nitrogens with two attached hydrogens (primary N) is 1. The SMILES string of the molecule is CS(N)(=O)=O.Fc1cc[c-]cc1.[K+]. The smallest absolute Gasteiger partial charge is 0.236 e. The molecule has 0 saturated carbocycles. The van der Waals surface area contributed by atoms with Gasteiger partial charge in [-0.05, 0) is 0 Å². The summed E-state index contributed by atoms with van der Waals surface area (Å²) in [6, 6.07) is 8.49. The first kappa shape index (κ1) is 16.1. The number of primary sulfonamides is 1. The van der Waals surface area contributed by atoms with Gasteiger partial charge in [-0.1, -0.05) is 0 Å². The average molecular weight is 229 g/mol. The average Bonchev–Trinajstić information content (AvgIpc) is 1.85. The fraction of sp³-hybridized carbons (Fsp3) is 0.143. The van der Waals surface area contributed by atoms with E-state index in [9.17, 15) is 12.8 Å². The van der Waals surface area contributed by atoms with E-state index in [1.54, 1.807) is 0 Å². The van der Waals surface area contributed by atoms with Gasteiger partial charge in [0.05, 0.1) is 6.26 Å². The molecule has 1 aromatic carbocycles. The molecule has 0 saturated heterocycles. The van der Waals surface area contributed by atoms with Crippen LogP contribution in [0.15, 0.2) is 24.3 Å². The molecule has 68 valence electrons. The van der Waals surface area contributed by atoms with Crippen LogP contribution in [0, 0.1) is 11.9 Å². The molecule has 0 aliphatic heterocycles. The first-order valence-corrected chi connectivity index (χ1v) is 4.94. The summed E-state index contributed by atoms with van der Waals surface area (Å²) in [5.41, 5.74) is 0. The van der Waals surface area contributed by atoms with Crippen molar-refractivity contribution in [2.45, 2.75) is 0 Å². The zero-order valence-electron chi connectivity index (χ0n) is 7.49. The van der Waals surface area contributed by atoms with Gasteiger partial charge in [-0.2, -0.15) is 18.2 Å². The second-order valence-electron chi connectivity index (χ2n) is 2.05. The maximum absolute atomic E-state index is 11.9. The molecule has 6 heteroatoms. The number of rotatable bonds is 0. The van der Waals surface area contributed by atoms with Crippen LogP contribution in [0.5, 0.6) is 0 Å². The molecule has 2 N–H and O–H groups in total. The second-order valence-corrected chi connectivity index (χ2v) is 3.71. The van der Waals surface area contributed by atoms with Gasteiger partial charge in [-0.25, -0.2) is 17.9 Å². The summed E-state index contributed by atoms with van der Waals surface area (Å²) < 4.78 is 30.7. The van der Waals surface area contributed by atoms with Crippen LogP contribution in [0.25, 0.3) is 0 Å². The van der Waals surface area contributed by atoms with Gasteiger partial charge < -0.3 is 0 Å². The fourth-order valence-electron chi connectivity index (χ4n) is 0.367. The molecule has 0 fully saturated rings. The van der Waals surface area contributed by atoms with Crippen molar-refractivity contribution in [3.63, 3.8) is 0 Å². The Morgan fingerprint density at radius 3 is 1.85 bits per heavy atom. The molecule has 0 spiro atoms. The summed E-state index contributed by atoms with van der Waals surface area (Å²) in [5, 5.41) is 4.33. The van der Waals surface area contributed by atoms with Gasteiger partial charge in [0.2, 0.25) is 10.0 Å². The summed E-state index contributed by atoms with van der Waals surface area (Å²) in [7, 11) is -3.17. The van der Waals surface area contributed by atoms with Crippen molar-refractivity contribution < 1.29 is 64.2 Å². The topological polar surface area (TPSA) is 60.2 Å². The Hall–Kier alpha value is 0.696. The van der Waals surface area contributed by atoms with E-state index in [0.29, 0.717) is 0 Å². The van der Waals surface area contributed by atoms with E-state index in [2.05, 4.69) is 11.2 Å². The number of halogens is 1. The van der Waals surface area contributed by atoms with E-state index >= 15 is 0 Å². The van der Waals surface area contributed by atoms with Crippen LogP contribution in [-0.2, 0) is 10.0 Å². The molecular weight excluding hydrogens is 220 g/mol. The Morgan fingerprint density at radius 1 is 1.38 bits per heavy atom. The maximum Gasteiger partial charge on any atom is 1.00 e. The van der Waals surface area contributed by atoms with Crippen LogP contribution >= 0.6 is 0 Å². The van der Waals surface area contributed by atoms with E-state index in [1.165, 1.54) is 24.3 Å². The molecule has 1 aromatic rings. The molecule has 0 radical (unpaired) electrons. The summed E-state index contributed by atoms with van der Waals surface area (Å²) in [5.74, 6) is -0.209. The minimum atomic E-state index is -3.17. The summed E-state index contributed by atoms with van der Waals surface area (Å²) in [6.07, 6.45) is 0.938. The second kappa shape index (κ2) is 8.04. The third-order valence-corrected chi connectivity index (χ3v) is 0.678. The third kappa shape index (κ3) is 19.2. The van der Waals surface area contributed by atoms with Gasteiger partial charge in [-0.3, -0.25) is 0 Å². The maximum atomic E-state index is 11.9. The van der Waals surface area contributed by atoms with Crippen LogP contribution in [0.1, 0.15) is 0 Å². The quantitative estimate of drug-likeness (QED) is 0.396. The van der Waals surface area contributed by atoms with Gasteiger partial charge in [0.15, 0.2) is 0 Å². The van der Waals surface area contributed by atoms with E-state index in [0.717, 1.165) is 6.26 Å². The molecule has 0 heterocycles. The van der Waals surface area contributed by atoms with Crippen molar-refractivity contribution in [1.82, 2.24) is 0 Å². The standard InChI is InChI=1S/C6H4F.CH5NO2S.K/c7-6-4-2-1-3-5-6;1-5(2,3)4;/h2-5H;1H3,(H2,2,3,4);/q-1;;+1. The number of hydrogen-bond donors (Lipinski definition) is 1. The van der Waals surface area contributed by atoms with E-state index in [1.807, 2.05) is 0 Å². The predicted molar refractivity (Wildman–Crippen MR) is 44.3 cm³/mol. The molecule has 0 aliphatic rings.